The molecule has 0 radical (unpaired) electrons. The van der Waals surface area contributed by atoms with Crippen molar-refractivity contribution in [3.05, 3.63) is 16.1 Å². The van der Waals surface area contributed by atoms with Crippen molar-refractivity contribution in [2.75, 3.05) is 26.7 Å². The van der Waals surface area contributed by atoms with Crippen LogP contribution in [0.15, 0.2) is 10.4 Å². The topological polar surface area (TPSA) is 52.5 Å². The zero-order valence-corrected chi connectivity index (χ0v) is 18.0. The number of guanidine groups is 1. The lowest BCUT2D eigenvalue weighted by atomic mass is 9.93. The Kier molecular flexibility index (Phi) is 9.43. The summed E-state index contributed by atoms with van der Waals surface area (Å²) in [7, 11) is 1.82. The summed E-state index contributed by atoms with van der Waals surface area (Å²) in [5, 5.41) is 10.1. The third-order valence-corrected chi connectivity index (χ3v) is 5.19. The predicted molar refractivity (Wildman–Crippen MR) is 111 cm³/mol. The fraction of sp³-hybridized carbons (Fsp3) is 0.789. The molecule has 1 aromatic heterocycles. The maximum Gasteiger partial charge on any atom is 0.191 e. The third-order valence-electron chi connectivity index (χ3n) is 4.34. The molecule has 0 fully saturated rings. The number of thiazole rings is 1. The lowest BCUT2D eigenvalue weighted by Gasteiger charge is -2.21. The highest BCUT2D eigenvalue weighted by molar-refractivity contribution is 7.09. The standard InChI is InChI=1S/C19H37N5S/c1-8-24(9-2)12-10-11-15(3)22-18(20-7)21-13-17-23-16(14-25-17)19(4,5)6/h14-15H,8-13H2,1-7H3,(H2,20,21,22). The van der Waals surface area contributed by atoms with E-state index < -0.39 is 0 Å². The Hall–Kier alpha value is -1.14. The molecule has 2 N–H and O–H groups in total. The van der Waals surface area contributed by atoms with E-state index in [0.29, 0.717) is 12.6 Å². The highest BCUT2D eigenvalue weighted by Crippen LogP contribution is 2.23. The Bertz CT molecular complexity index is 514. The fourth-order valence-corrected chi connectivity index (χ4v) is 3.52. The summed E-state index contributed by atoms with van der Waals surface area (Å²) in [4.78, 5) is 11.5. The van der Waals surface area contributed by atoms with Crippen LogP contribution in [0.4, 0.5) is 0 Å². The predicted octanol–water partition coefficient (Wildman–Crippen LogP) is 3.62. The second-order valence-corrected chi connectivity index (χ2v) is 8.46. The Morgan fingerprint density at radius 2 is 2.00 bits per heavy atom. The van der Waals surface area contributed by atoms with Crippen molar-refractivity contribution in [1.82, 2.24) is 20.5 Å². The molecular weight excluding hydrogens is 330 g/mol. The molecule has 0 saturated carbocycles. The Morgan fingerprint density at radius 1 is 1.32 bits per heavy atom. The summed E-state index contributed by atoms with van der Waals surface area (Å²) in [6.45, 7) is 17.4. The van der Waals surface area contributed by atoms with Crippen molar-refractivity contribution >= 4 is 17.3 Å². The number of aromatic nitrogens is 1. The second kappa shape index (κ2) is 10.8. The van der Waals surface area contributed by atoms with Gasteiger partial charge in [0.15, 0.2) is 5.96 Å². The molecule has 0 bridgehead atoms. The van der Waals surface area contributed by atoms with Crippen molar-refractivity contribution in [3.63, 3.8) is 0 Å². The number of nitrogens with zero attached hydrogens (tertiary/aromatic N) is 3. The van der Waals surface area contributed by atoms with Crippen LogP contribution in [0.3, 0.4) is 0 Å². The highest BCUT2D eigenvalue weighted by atomic mass is 32.1. The Morgan fingerprint density at radius 3 is 2.52 bits per heavy atom. The average Bonchev–Trinajstić information content (AvgIpc) is 3.04. The van der Waals surface area contributed by atoms with Crippen molar-refractivity contribution in [2.45, 2.75) is 72.4 Å². The minimum Gasteiger partial charge on any atom is -0.354 e. The van der Waals surface area contributed by atoms with Gasteiger partial charge in [-0.2, -0.15) is 0 Å². The van der Waals surface area contributed by atoms with Crippen molar-refractivity contribution in [2.24, 2.45) is 4.99 Å². The number of hydrogen-bond acceptors (Lipinski definition) is 4. The molecule has 1 unspecified atom stereocenters. The number of rotatable bonds is 9. The normalized spacial score (nSPS) is 14.0. The van der Waals surface area contributed by atoms with Crippen LogP contribution in [0.1, 0.15) is 65.1 Å². The van der Waals surface area contributed by atoms with E-state index in [1.807, 2.05) is 7.05 Å². The zero-order valence-electron chi connectivity index (χ0n) is 17.1. The first kappa shape index (κ1) is 21.9. The summed E-state index contributed by atoms with van der Waals surface area (Å²) < 4.78 is 0. The molecule has 5 nitrogen and oxygen atoms in total. The van der Waals surface area contributed by atoms with Gasteiger partial charge in [0.25, 0.3) is 0 Å². The first-order valence-corrected chi connectivity index (χ1v) is 10.3. The van der Waals surface area contributed by atoms with Crippen LogP contribution >= 0.6 is 11.3 Å². The molecule has 1 heterocycles. The van der Waals surface area contributed by atoms with Crippen molar-refractivity contribution in [3.8, 4) is 0 Å². The molecule has 0 aliphatic heterocycles. The van der Waals surface area contributed by atoms with Gasteiger partial charge in [-0.05, 0) is 39.4 Å². The van der Waals surface area contributed by atoms with Crippen LogP contribution in [0.5, 0.6) is 0 Å². The molecule has 25 heavy (non-hydrogen) atoms. The molecule has 0 spiro atoms. The van der Waals surface area contributed by atoms with Gasteiger partial charge in [-0.15, -0.1) is 11.3 Å². The van der Waals surface area contributed by atoms with E-state index in [0.717, 1.165) is 36.2 Å². The van der Waals surface area contributed by atoms with E-state index in [4.69, 9.17) is 4.98 Å². The van der Waals surface area contributed by atoms with Gasteiger partial charge in [0, 0.05) is 23.9 Å². The van der Waals surface area contributed by atoms with Gasteiger partial charge in [-0.1, -0.05) is 34.6 Å². The zero-order chi connectivity index (χ0) is 18.9. The molecule has 0 aromatic carbocycles. The van der Waals surface area contributed by atoms with Gasteiger partial charge in [0.05, 0.1) is 12.2 Å². The smallest absolute Gasteiger partial charge is 0.191 e. The molecule has 1 rings (SSSR count). The van der Waals surface area contributed by atoms with Crippen LogP contribution in [-0.4, -0.2) is 48.6 Å². The Balaban J connectivity index is 2.38. The fourth-order valence-electron chi connectivity index (χ4n) is 2.56. The van der Waals surface area contributed by atoms with E-state index in [9.17, 15) is 0 Å². The molecule has 0 amide bonds. The first-order valence-electron chi connectivity index (χ1n) is 9.44. The lowest BCUT2D eigenvalue weighted by Crippen LogP contribution is -2.42. The van der Waals surface area contributed by atoms with Crippen molar-refractivity contribution < 1.29 is 0 Å². The number of nitrogens with one attached hydrogen (secondary N) is 2. The molecular formula is C19H37N5S. The second-order valence-electron chi connectivity index (χ2n) is 7.52. The minimum absolute atomic E-state index is 0.105. The van der Waals surface area contributed by atoms with E-state index >= 15 is 0 Å². The van der Waals surface area contributed by atoms with Gasteiger partial charge < -0.3 is 15.5 Å². The summed E-state index contributed by atoms with van der Waals surface area (Å²) in [5.74, 6) is 0.850. The van der Waals surface area contributed by atoms with Gasteiger partial charge in [0.1, 0.15) is 5.01 Å². The SMILES string of the molecule is CCN(CC)CCCC(C)NC(=NC)NCc1nc(C(C)(C)C)cs1. The number of aliphatic imine (C=N–C) groups is 1. The van der Waals surface area contributed by atoms with E-state index in [1.165, 1.54) is 13.0 Å². The van der Waals surface area contributed by atoms with Gasteiger partial charge in [0.2, 0.25) is 0 Å². The Labute approximate surface area is 158 Å². The molecule has 1 atom stereocenters. The molecule has 1 aromatic rings. The summed E-state index contributed by atoms with van der Waals surface area (Å²) in [6, 6.07) is 0.406. The molecule has 0 aliphatic carbocycles. The molecule has 144 valence electrons. The van der Waals surface area contributed by atoms with Crippen LogP contribution in [0, 0.1) is 0 Å². The van der Waals surface area contributed by atoms with Gasteiger partial charge in [-0.3, -0.25) is 4.99 Å². The molecule has 0 aliphatic rings. The maximum absolute atomic E-state index is 4.72. The van der Waals surface area contributed by atoms with E-state index in [2.05, 4.69) is 67.4 Å². The van der Waals surface area contributed by atoms with Gasteiger partial charge in [-0.25, -0.2) is 4.98 Å². The lowest BCUT2D eigenvalue weighted by molar-refractivity contribution is 0.292. The largest absolute Gasteiger partial charge is 0.354 e. The minimum atomic E-state index is 0.105. The van der Waals surface area contributed by atoms with Crippen LogP contribution in [-0.2, 0) is 12.0 Å². The van der Waals surface area contributed by atoms with E-state index in [1.54, 1.807) is 11.3 Å². The summed E-state index contributed by atoms with van der Waals surface area (Å²) >= 11 is 1.71. The number of hydrogen-bond donors (Lipinski definition) is 2. The van der Waals surface area contributed by atoms with Crippen LogP contribution in [0.2, 0.25) is 0 Å². The van der Waals surface area contributed by atoms with Crippen LogP contribution in [0.25, 0.3) is 0 Å². The van der Waals surface area contributed by atoms with Crippen LogP contribution < -0.4 is 10.6 Å². The average molecular weight is 368 g/mol. The van der Waals surface area contributed by atoms with Gasteiger partial charge >= 0.3 is 0 Å². The quantitative estimate of drug-likeness (QED) is 0.517. The maximum atomic E-state index is 4.72. The third kappa shape index (κ3) is 8.19. The molecule has 0 saturated heterocycles. The van der Waals surface area contributed by atoms with Crippen molar-refractivity contribution in [1.29, 1.82) is 0 Å². The first-order chi connectivity index (χ1) is 11.8. The highest BCUT2D eigenvalue weighted by Gasteiger charge is 2.17. The monoisotopic (exact) mass is 367 g/mol. The summed E-state index contributed by atoms with van der Waals surface area (Å²) in [5.41, 5.74) is 1.26. The van der Waals surface area contributed by atoms with E-state index in [-0.39, 0.29) is 5.41 Å². The summed E-state index contributed by atoms with van der Waals surface area (Å²) in [6.07, 6.45) is 2.34. The molecule has 6 heteroatoms.